The van der Waals surface area contributed by atoms with Crippen molar-refractivity contribution in [2.24, 2.45) is 4.99 Å². The molecule has 0 saturated carbocycles. The van der Waals surface area contributed by atoms with Gasteiger partial charge >= 0.3 is 0 Å². The Morgan fingerprint density at radius 1 is 1.08 bits per heavy atom. The van der Waals surface area contributed by atoms with Gasteiger partial charge in [-0.05, 0) is 42.0 Å². The fourth-order valence-electron chi connectivity index (χ4n) is 3.11. The molecule has 0 atom stereocenters. The molecule has 0 unspecified atom stereocenters. The summed E-state index contributed by atoms with van der Waals surface area (Å²) in [5.74, 6) is 0.559. The van der Waals surface area contributed by atoms with E-state index in [0.717, 1.165) is 26.7 Å². The van der Waals surface area contributed by atoms with Crippen molar-refractivity contribution in [2.45, 2.75) is 13.5 Å². The molecule has 3 aromatic carbocycles. The number of para-hydroxylation sites is 1. The third-order valence-corrected chi connectivity index (χ3v) is 5.44. The minimum atomic E-state index is -0.233. The van der Waals surface area contributed by atoms with Crippen LogP contribution in [0.3, 0.4) is 0 Å². The topological polar surface area (TPSA) is 43.6 Å². The Bertz CT molecular complexity index is 1190. The fourth-order valence-corrected chi connectivity index (χ4v) is 4.22. The number of nitrogens with zero attached hydrogens (tertiary/aromatic N) is 2. The number of amides is 1. The number of aryl methyl sites for hydroxylation is 1. The molecule has 0 aliphatic heterocycles. The van der Waals surface area contributed by atoms with Crippen LogP contribution < -0.4 is 9.54 Å². The van der Waals surface area contributed by atoms with Crippen molar-refractivity contribution in [3.63, 3.8) is 0 Å². The molecule has 4 aromatic rings. The summed E-state index contributed by atoms with van der Waals surface area (Å²) in [6.07, 6.45) is 0. The predicted octanol–water partition coefficient (Wildman–Crippen LogP) is 4.63. The van der Waals surface area contributed by atoms with Gasteiger partial charge in [-0.15, -0.1) is 0 Å². The van der Waals surface area contributed by atoms with Crippen LogP contribution in [0, 0.1) is 0 Å². The first kappa shape index (κ1) is 16.5. The lowest BCUT2D eigenvalue weighted by molar-refractivity contribution is 0.0998. The number of benzene rings is 3. The van der Waals surface area contributed by atoms with Gasteiger partial charge in [0.1, 0.15) is 11.3 Å². The quantitative estimate of drug-likeness (QED) is 0.533. The number of aromatic nitrogens is 1. The number of thiazole rings is 1. The maximum absolute atomic E-state index is 12.8. The second kappa shape index (κ2) is 6.77. The molecule has 0 fully saturated rings. The van der Waals surface area contributed by atoms with Crippen LogP contribution in [0.15, 0.2) is 65.7 Å². The molecule has 4 rings (SSSR count). The van der Waals surface area contributed by atoms with Gasteiger partial charge in [0, 0.05) is 12.1 Å². The number of methoxy groups -OCH3 is 1. The Morgan fingerprint density at radius 3 is 2.65 bits per heavy atom. The highest BCUT2D eigenvalue weighted by atomic mass is 32.1. The monoisotopic (exact) mass is 362 g/mol. The fraction of sp³-hybridized carbons (Fsp3) is 0.143. The van der Waals surface area contributed by atoms with Crippen LogP contribution >= 0.6 is 11.3 Å². The van der Waals surface area contributed by atoms with Crippen LogP contribution in [-0.4, -0.2) is 17.6 Å². The summed E-state index contributed by atoms with van der Waals surface area (Å²) in [7, 11) is 1.66. The van der Waals surface area contributed by atoms with E-state index in [1.54, 1.807) is 7.11 Å². The van der Waals surface area contributed by atoms with E-state index in [4.69, 9.17) is 4.74 Å². The number of ether oxygens (including phenoxy) is 1. The average Bonchev–Trinajstić information content (AvgIpc) is 3.04. The zero-order valence-electron chi connectivity index (χ0n) is 14.6. The van der Waals surface area contributed by atoms with Gasteiger partial charge in [-0.2, -0.15) is 4.99 Å². The number of carbonyl (C=O) groups excluding carboxylic acids is 1. The summed E-state index contributed by atoms with van der Waals surface area (Å²) in [6, 6.07) is 19.6. The first-order valence-corrected chi connectivity index (χ1v) is 9.27. The first-order valence-electron chi connectivity index (χ1n) is 8.45. The smallest absolute Gasteiger partial charge is 0.279 e. The molecule has 0 saturated heterocycles. The van der Waals surface area contributed by atoms with Crippen LogP contribution in [0.4, 0.5) is 0 Å². The summed E-state index contributed by atoms with van der Waals surface area (Å²) < 4.78 is 8.56. The van der Waals surface area contributed by atoms with Gasteiger partial charge in [0.2, 0.25) is 0 Å². The minimum absolute atomic E-state index is 0.233. The van der Waals surface area contributed by atoms with Crippen molar-refractivity contribution in [1.29, 1.82) is 0 Å². The molecule has 0 aliphatic carbocycles. The Labute approximate surface area is 155 Å². The van der Waals surface area contributed by atoms with E-state index in [1.807, 2.05) is 72.2 Å². The van der Waals surface area contributed by atoms with E-state index < -0.39 is 0 Å². The largest absolute Gasteiger partial charge is 0.495 e. The predicted molar refractivity (Wildman–Crippen MR) is 106 cm³/mol. The number of fused-ring (bicyclic) bond motifs is 2. The summed E-state index contributed by atoms with van der Waals surface area (Å²) in [6.45, 7) is 2.75. The first-order chi connectivity index (χ1) is 12.7. The lowest BCUT2D eigenvalue weighted by Crippen LogP contribution is -2.16. The molecule has 130 valence electrons. The highest BCUT2D eigenvalue weighted by molar-refractivity contribution is 7.16. The average molecular weight is 362 g/mol. The van der Waals surface area contributed by atoms with Gasteiger partial charge in [0.25, 0.3) is 5.91 Å². The maximum Gasteiger partial charge on any atom is 0.279 e. The van der Waals surface area contributed by atoms with Crippen molar-refractivity contribution in [2.75, 3.05) is 7.11 Å². The molecule has 1 amide bonds. The van der Waals surface area contributed by atoms with E-state index >= 15 is 0 Å². The molecule has 0 aliphatic rings. The lowest BCUT2D eigenvalue weighted by atomic mass is 10.1. The van der Waals surface area contributed by atoms with Crippen molar-refractivity contribution in [3.8, 4) is 5.75 Å². The summed E-state index contributed by atoms with van der Waals surface area (Å²) in [4.78, 5) is 17.8. The number of rotatable bonds is 3. The van der Waals surface area contributed by atoms with E-state index in [1.165, 1.54) is 11.3 Å². The molecule has 0 radical (unpaired) electrons. The third kappa shape index (κ3) is 2.80. The standard InChI is InChI=1S/C21H18N2O2S/c1-3-23-19-17(25-2)9-6-10-18(19)26-21(23)22-20(24)16-12-11-14-7-4-5-8-15(14)13-16/h4-13H,3H2,1-2H3. The Kier molecular flexibility index (Phi) is 4.31. The molecule has 1 heterocycles. The lowest BCUT2D eigenvalue weighted by Gasteiger charge is -2.05. The summed E-state index contributed by atoms with van der Waals surface area (Å²) in [5, 5.41) is 2.15. The number of hydrogen-bond acceptors (Lipinski definition) is 3. The SMILES string of the molecule is CCn1c(=NC(=O)c2ccc3ccccc3c2)sc2cccc(OC)c21. The molecule has 0 spiro atoms. The van der Waals surface area contributed by atoms with Crippen molar-refractivity contribution >= 4 is 38.2 Å². The van der Waals surface area contributed by atoms with Crippen molar-refractivity contribution in [1.82, 2.24) is 4.57 Å². The zero-order chi connectivity index (χ0) is 18.1. The van der Waals surface area contributed by atoms with Crippen molar-refractivity contribution in [3.05, 3.63) is 71.0 Å². The molecule has 5 heteroatoms. The highest BCUT2D eigenvalue weighted by Crippen LogP contribution is 2.27. The van der Waals surface area contributed by atoms with Crippen LogP contribution in [0.2, 0.25) is 0 Å². The van der Waals surface area contributed by atoms with Gasteiger partial charge in [-0.1, -0.05) is 47.7 Å². The van der Waals surface area contributed by atoms with Crippen LogP contribution in [0.25, 0.3) is 21.0 Å². The Hall–Kier alpha value is -2.92. The van der Waals surface area contributed by atoms with E-state index in [2.05, 4.69) is 4.99 Å². The maximum atomic E-state index is 12.8. The van der Waals surface area contributed by atoms with Gasteiger partial charge in [-0.3, -0.25) is 4.79 Å². The minimum Gasteiger partial charge on any atom is -0.495 e. The van der Waals surface area contributed by atoms with Crippen LogP contribution in [0.1, 0.15) is 17.3 Å². The third-order valence-electron chi connectivity index (χ3n) is 4.39. The van der Waals surface area contributed by atoms with Crippen LogP contribution in [-0.2, 0) is 6.54 Å². The number of hydrogen-bond donors (Lipinski definition) is 0. The molecule has 26 heavy (non-hydrogen) atoms. The zero-order valence-corrected chi connectivity index (χ0v) is 15.4. The molecule has 0 N–H and O–H groups in total. The van der Waals surface area contributed by atoms with E-state index in [0.29, 0.717) is 16.9 Å². The Morgan fingerprint density at radius 2 is 1.88 bits per heavy atom. The van der Waals surface area contributed by atoms with Gasteiger partial charge in [0.05, 0.1) is 11.8 Å². The van der Waals surface area contributed by atoms with E-state index in [9.17, 15) is 4.79 Å². The second-order valence-electron chi connectivity index (χ2n) is 5.91. The highest BCUT2D eigenvalue weighted by Gasteiger charge is 2.12. The second-order valence-corrected chi connectivity index (χ2v) is 6.92. The van der Waals surface area contributed by atoms with Gasteiger partial charge in [-0.25, -0.2) is 0 Å². The molecule has 4 nitrogen and oxygen atoms in total. The van der Waals surface area contributed by atoms with E-state index in [-0.39, 0.29) is 5.91 Å². The summed E-state index contributed by atoms with van der Waals surface area (Å²) >= 11 is 1.50. The molecule has 0 bridgehead atoms. The number of carbonyl (C=O) groups is 1. The van der Waals surface area contributed by atoms with Gasteiger partial charge in [0.15, 0.2) is 4.80 Å². The van der Waals surface area contributed by atoms with Gasteiger partial charge < -0.3 is 9.30 Å². The molecular weight excluding hydrogens is 344 g/mol. The molecule has 1 aromatic heterocycles. The summed E-state index contributed by atoms with van der Waals surface area (Å²) in [5.41, 5.74) is 1.57. The normalized spacial score (nSPS) is 12.0. The Balaban J connectivity index is 1.85. The molecular formula is C21H18N2O2S. The van der Waals surface area contributed by atoms with Crippen LogP contribution in [0.5, 0.6) is 5.75 Å². The van der Waals surface area contributed by atoms with Crippen molar-refractivity contribution < 1.29 is 9.53 Å².